The second kappa shape index (κ2) is 5.79. The Labute approximate surface area is 115 Å². The Hall–Kier alpha value is -1.96. The largest absolute Gasteiger partial charge is 0.457 e. The van der Waals surface area contributed by atoms with Crippen LogP contribution in [0.15, 0.2) is 41.2 Å². The Bertz CT molecular complexity index is 597. The molecule has 0 N–H and O–H groups in total. The third-order valence-corrected chi connectivity index (χ3v) is 3.11. The molecule has 0 saturated carbocycles. The van der Waals surface area contributed by atoms with Gasteiger partial charge in [0.25, 0.3) is 0 Å². The van der Waals surface area contributed by atoms with Crippen molar-refractivity contribution in [3.05, 3.63) is 65.0 Å². The molecular formula is C17H18BO. The first kappa shape index (κ1) is 13.5. The summed E-state index contributed by atoms with van der Waals surface area (Å²) in [6.45, 7) is 10.1. The Balaban J connectivity index is 2.12. The van der Waals surface area contributed by atoms with Crippen LogP contribution >= 0.6 is 0 Å². The fourth-order valence-corrected chi connectivity index (χ4v) is 2.26. The van der Waals surface area contributed by atoms with E-state index in [4.69, 9.17) is 4.42 Å². The molecule has 0 spiro atoms. The van der Waals surface area contributed by atoms with Crippen molar-refractivity contribution in [1.82, 2.24) is 0 Å². The zero-order chi connectivity index (χ0) is 13.8. The maximum atomic E-state index is 5.53. The minimum absolute atomic E-state index is 0.794. The second-order valence-electron chi connectivity index (χ2n) is 4.78. The zero-order valence-corrected chi connectivity index (χ0v) is 11.7. The van der Waals surface area contributed by atoms with Crippen LogP contribution in [0.2, 0.25) is 0 Å². The van der Waals surface area contributed by atoms with Gasteiger partial charge in [-0.25, -0.2) is 0 Å². The highest BCUT2D eigenvalue weighted by Crippen LogP contribution is 2.10. The summed E-state index contributed by atoms with van der Waals surface area (Å²) < 4.78 is 5.53. The van der Waals surface area contributed by atoms with E-state index in [1.165, 1.54) is 22.2 Å². The highest BCUT2D eigenvalue weighted by Gasteiger charge is 2.03. The summed E-state index contributed by atoms with van der Waals surface area (Å²) >= 11 is 0. The van der Waals surface area contributed by atoms with E-state index in [0.717, 1.165) is 11.5 Å². The molecule has 1 radical (unpaired) electrons. The van der Waals surface area contributed by atoms with Gasteiger partial charge >= 0.3 is 0 Å². The smallest absolute Gasteiger partial charge is 0.182 e. The summed E-state index contributed by atoms with van der Waals surface area (Å²) in [5.41, 5.74) is 5.18. The fourth-order valence-electron chi connectivity index (χ4n) is 2.26. The Morgan fingerprint density at radius 2 is 1.68 bits per heavy atom. The van der Waals surface area contributed by atoms with Gasteiger partial charge < -0.3 is 4.42 Å². The van der Waals surface area contributed by atoms with Crippen molar-refractivity contribution in [3.63, 3.8) is 0 Å². The topological polar surface area (TPSA) is 13.1 Å². The minimum atomic E-state index is 0.794. The Morgan fingerprint density at radius 3 is 2.26 bits per heavy atom. The van der Waals surface area contributed by atoms with Gasteiger partial charge in [-0.3, -0.25) is 0 Å². The third-order valence-electron chi connectivity index (χ3n) is 3.11. The molecule has 0 fully saturated rings. The predicted octanol–water partition coefficient (Wildman–Crippen LogP) is 3.85. The van der Waals surface area contributed by atoms with E-state index in [0.29, 0.717) is 0 Å². The van der Waals surface area contributed by atoms with Crippen molar-refractivity contribution in [2.75, 3.05) is 0 Å². The molecule has 0 aliphatic heterocycles. The van der Waals surface area contributed by atoms with Crippen LogP contribution in [0, 0.1) is 20.8 Å². The Kier molecular flexibility index (Phi) is 4.11. The molecule has 0 aliphatic carbocycles. The lowest BCUT2D eigenvalue weighted by molar-refractivity contribution is 0.547. The number of benzene rings is 1. The van der Waals surface area contributed by atoms with E-state index >= 15 is 0 Å². The van der Waals surface area contributed by atoms with Gasteiger partial charge in [0.05, 0.1) is 0 Å². The number of aryl methyl sites for hydroxylation is 3. The number of hydrogen-bond donors (Lipinski definition) is 0. The summed E-state index contributed by atoms with van der Waals surface area (Å²) in [6, 6.07) is 8.26. The molecule has 95 valence electrons. The molecule has 0 saturated heterocycles. The molecule has 0 atom stereocenters. The zero-order valence-electron chi connectivity index (χ0n) is 11.7. The van der Waals surface area contributed by atoms with E-state index in [9.17, 15) is 0 Å². The summed E-state index contributed by atoms with van der Waals surface area (Å²) in [6.07, 6.45) is 3.67. The predicted molar refractivity (Wildman–Crippen MR) is 83.9 cm³/mol. The lowest BCUT2D eigenvalue weighted by atomic mass is 9.66. The van der Waals surface area contributed by atoms with Crippen molar-refractivity contribution in [1.29, 1.82) is 0 Å². The van der Waals surface area contributed by atoms with Gasteiger partial charge in [0.1, 0.15) is 11.5 Å². The van der Waals surface area contributed by atoms with Crippen molar-refractivity contribution in [2.45, 2.75) is 20.8 Å². The molecule has 0 bridgehead atoms. The van der Waals surface area contributed by atoms with Crippen molar-refractivity contribution in [3.8, 4) is 0 Å². The molecule has 19 heavy (non-hydrogen) atoms. The van der Waals surface area contributed by atoms with E-state index in [-0.39, 0.29) is 0 Å². The maximum absolute atomic E-state index is 5.53. The van der Waals surface area contributed by atoms with Gasteiger partial charge in [-0.05, 0) is 45.1 Å². The molecule has 0 amide bonds. The molecule has 0 aliphatic rings. The number of rotatable bonds is 4. The molecule has 0 unspecified atom stereocenters. The molecule has 2 heteroatoms. The van der Waals surface area contributed by atoms with Gasteiger partial charge in [-0.2, -0.15) is 0 Å². The molecule has 1 heterocycles. The summed E-state index contributed by atoms with van der Waals surface area (Å²) in [5, 5.41) is 0. The first-order valence-electron chi connectivity index (χ1n) is 6.41. The average molecular weight is 249 g/mol. The molecule has 2 rings (SSSR count). The second-order valence-corrected chi connectivity index (χ2v) is 4.78. The van der Waals surface area contributed by atoms with Crippen LogP contribution < -0.4 is 5.46 Å². The van der Waals surface area contributed by atoms with Gasteiger partial charge in [-0.1, -0.05) is 40.9 Å². The molecule has 2 aromatic rings. The highest BCUT2D eigenvalue weighted by molar-refractivity contribution is 6.60. The van der Waals surface area contributed by atoms with Gasteiger partial charge in [0, 0.05) is 0 Å². The van der Waals surface area contributed by atoms with Crippen LogP contribution in [0.4, 0.5) is 0 Å². The SMILES string of the molecule is C=Cc1ccc(/C=C/[B]c2c(C)cc(C)cc2C)o1. The van der Waals surface area contributed by atoms with Gasteiger partial charge in [-0.15, -0.1) is 5.98 Å². The number of furan rings is 1. The van der Waals surface area contributed by atoms with E-state index in [2.05, 4.69) is 46.8 Å². The standard InChI is InChI=1S/C17H18BO/c1-5-15-6-7-16(19-15)8-9-18-17-13(3)10-12(2)11-14(17)4/h5-11H,1H2,2-4H3/b9-8+. The first-order chi connectivity index (χ1) is 9.10. The van der Waals surface area contributed by atoms with Crippen LogP contribution in [0.1, 0.15) is 28.2 Å². The van der Waals surface area contributed by atoms with E-state index < -0.39 is 0 Å². The molecule has 1 aromatic heterocycles. The third kappa shape index (κ3) is 3.28. The first-order valence-corrected chi connectivity index (χ1v) is 6.41. The molecular weight excluding hydrogens is 231 g/mol. The van der Waals surface area contributed by atoms with Crippen molar-refractivity contribution < 1.29 is 4.42 Å². The Morgan fingerprint density at radius 1 is 1.05 bits per heavy atom. The van der Waals surface area contributed by atoms with E-state index in [1.54, 1.807) is 6.08 Å². The minimum Gasteiger partial charge on any atom is -0.457 e. The number of hydrogen-bond acceptors (Lipinski definition) is 1. The van der Waals surface area contributed by atoms with Crippen molar-refractivity contribution in [2.24, 2.45) is 0 Å². The quantitative estimate of drug-likeness (QED) is 0.750. The van der Waals surface area contributed by atoms with Gasteiger partial charge in [0.2, 0.25) is 0 Å². The summed E-state index contributed by atoms with van der Waals surface area (Å²) in [5.74, 6) is 3.66. The van der Waals surface area contributed by atoms with Crippen molar-refractivity contribution >= 4 is 24.9 Å². The molecule has 1 nitrogen and oxygen atoms in total. The van der Waals surface area contributed by atoms with Crippen LogP contribution in [-0.4, -0.2) is 7.28 Å². The maximum Gasteiger partial charge on any atom is 0.182 e. The summed E-state index contributed by atoms with van der Waals surface area (Å²) in [7, 11) is 2.13. The molecule has 1 aromatic carbocycles. The monoisotopic (exact) mass is 249 g/mol. The fraction of sp³-hybridized carbons (Fsp3) is 0.176. The van der Waals surface area contributed by atoms with Gasteiger partial charge in [0.15, 0.2) is 7.28 Å². The van der Waals surface area contributed by atoms with Crippen LogP contribution in [0.3, 0.4) is 0 Å². The lowest BCUT2D eigenvalue weighted by Crippen LogP contribution is -2.19. The summed E-state index contributed by atoms with van der Waals surface area (Å²) in [4.78, 5) is 0. The van der Waals surface area contributed by atoms with E-state index in [1.807, 2.05) is 24.2 Å². The highest BCUT2D eigenvalue weighted by atomic mass is 16.3. The lowest BCUT2D eigenvalue weighted by Gasteiger charge is -2.08. The van der Waals surface area contributed by atoms with Crippen LogP contribution in [-0.2, 0) is 0 Å². The van der Waals surface area contributed by atoms with Crippen LogP contribution in [0.25, 0.3) is 12.2 Å². The normalized spacial score (nSPS) is 10.9. The average Bonchev–Trinajstić information content (AvgIpc) is 2.80. The van der Waals surface area contributed by atoms with Crippen LogP contribution in [0.5, 0.6) is 0 Å².